The lowest BCUT2D eigenvalue weighted by molar-refractivity contribution is 0.0241. The van der Waals surface area contributed by atoms with Gasteiger partial charge in [-0.3, -0.25) is 14.7 Å². The van der Waals surface area contributed by atoms with Crippen molar-refractivity contribution in [1.82, 2.24) is 9.88 Å². The highest BCUT2D eigenvalue weighted by atomic mass is 16.6. The van der Waals surface area contributed by atoms with E-state index in [1.54, 1.807) is 29.3 Å². The van der Waals surface area contributed by atoms with Crippen LogP contribution in [0.5, 0.6) is 0 Å². The summed E-state index contributed by atoms with van der Waals surface area (Å²) in [5.74, 6) is -0.262. The lowest BCUT2D eigenvalue weighted by Crippen LogP contribution is -2.33. The Kier molecular flexibility index (Phi) is 4.44. The molecule has 1 N–H and O–H groups in total. The van der Waals surface area contributed by atoms with Crippen molar-refractivity contribution >= 4 is 17.7 Å². The smallest absolute Gasteiger partial charge is 0.410 e. The number of anilines is 1. The van der Waals surface area contributed by atoms with Gasteiger partial charge < -0.3 is 10.1 Å². The van der Waals surface area contributed by atoms with Crippen LogP contribution in [0.2, 0.25) is 0 Å². The average Bonchev–Trinajstić information content (AvgIpc) is 2.97. The SMILES string of the molecule is CC(C)(C)OC(=O)N1Cc2ccc(NC(=O)c3ccccn3)cc2C1. The van der Waals surface area contributed by atoms with Crippen molar-refractivity contribution in [2.45, 2.75) is 39.5 Å². The standard InChI is InChI=1S/C19H21N3O3/c1-19(2,3)25-18(24)22-11-13-7-8-15(10-14(13)12-22)21-17(23)16-6-4-5-9-20-16/h4-10H,11-12H2,1-3H3,(H,21,23). The van der Waals surface area contributed by atoms with E-state index < -0.39 is 5.60 Å². The molecular weight excluding hydrogens is 318 g/mol. The first-order valence-electron chi connectivity index (χ1n) is 8.14. The van der Waals surface area contributed by atoms with Crippen molar-refractivity contribution in [1.29, 1.82) is 0 Å². The van der Waals surface area contributed by atoms with E-state index in [0.717, 1.165) is 11.1 Å². The molecule has 0 bridgehead atoms. The van der Waals surface area contributed by atoms with Crippen LogP contribution in [-0.4, -0.2) is 27.5 Å². The summed E-state index contributed by atoms with van der Waals surface area (Å²) in [6, 6.07) is 10.8. The summed E-state index contributed by atoms with van der Waals surface area (Å²) < 4.78 is 5.41. The second-order valence-electron chi connectivity index (χ2n) is 6.99. The Balaban J connectivity index is 1.68. The van der Waals surface area contributed by atoms with E-state index in [1.807, 2.05) is 39.0 Å². The van der Waals surface area contributed by atoms with Crippen molar-refractivity contribution < 1.29 is 14.3 Å². The van der Waals surface area contributed by atoms with E-state index in [0.29, 0.717) is 24.5 Å². The number of hydrogen-bond donors (Lipinski definition) is 1. The summed E-state index contributed by atoms with van der Waals surface area (Å²) in [5.41, 5.74) is 2.58. The van der Waals surface area contributed by atoms with Crippen molar-refractivity contribution in [3.63, 3.8) is 0 Å². The van der Waals surface area contributed by atoms with Crippen LogP contribution in [0.1, 0.15) is 42.4 Å². The molecule has 6 nitrogen and oxygen atoms in total. The van der Waals surface area contributed by atoms with Gasteiger partial charge in [0.25, 0.3) is 5.91 Å². The van der Waals surface area contributed by atoms with Crippen LogP contribution >= 0.6 is 0 Å². The van der Waals surface area contributed by atoms with Gasteiger partial charge in [-0.15, -0.1) is 0 Å². The van der Waals surface area contributed by atoms with Gasteiger partial charge in [-0.25, -0.2) is 4.79 Å². The largest absolute Gasteiger partial charge is 0.444 e. The van der Waals surface area contributed by atoms with Crippen molar-refractivity contribution in [3.05, 3.63) is 59.4 Å². The van der Waals surface area contributed by atoms with Gasteiger partial charge in [-0.2, -0.15) is 0 Å². The Morgan fingerprint density at radius 3 is 2.56 bits per heavy atom. The maximum atomic E-state index is 12.2. The Morgan fingerprint density at radius 2 is 1.88 bits per heavy atom. The van der Waals surface area contributed by atoms with Crippen LogP contribution < -0.4 is 5.32 Å². The maximum absolute atomic E-state index is 12.2. The van der Waals surface area contributed by atoms with Gasteiger partial charge in [-0.1, -0.05) is 12.1 Å². The second-order valence-corrected chi connectivity index (χ2v) is 6.99. The summed E-state index contributed by atoms with van der Waals surface area (Å²) in [7, 11) is 0. The van der Waals surface area contributed by atoms with Crippen molar-refractivity contribution in [3.8, 4) is 0 Å². The summed E-state index contributed by atoms with van der Waals surface area (Å²) in [6.45, 7) is 6.52. The summed E-state index contributed by atoms with van der Waals surface area (Å²) in [4.78, 5) is 30.1. The number of benzene rings is 1. The highest BCUT2D eigenvalue weighted by Gasteiger charge is 2.27. The fourth-order valence-electron chi connectivity index (χ4n) is 2.62. The van der Waals surface area contributed by atoms with Crippen molar-refractivity contribution in [2.75, 3.05) is 5.32 Å². The van der Waals surface area contributed by atoms with E-state index in [2.05, 4.69) is 10.3 Å². The van der Waals surface area contributed by atoms with Gasteiger partial charge in [0.05, 0.1) is 0 Å². The minimum absolute atomic E-state index is 0.262. The summed E-state index contributed by atoms with van der Waals surface area (Å²) in [5, 5.41) is 2.83. The summed E-state index contributed by atoms with van der Waals surface area (Å²) in [6.07, 6.45) is 1.25. The molecular formula is C19H21N3O3. The van der Waals surface area contributed by atoms with E-state index in [4.69, 9.17) is 4.74 Å². The number of pyridine rings is 1. The van der Waals surface area contributed by atoms with Gasteiger partial charge in [0.15, 0.2) is 0 Å². The Hall–Kier alpha value is -2.89. The van der Waals surface area contributed by atoms with E-state index in [-0.39, 0.29) is 12.0 Å². The first kappa shape index (κ1) is 17.0. The number of hydrogen-bond acceptors (Lipinski definition) is 4. The number of rotatable bonds is 2. The third-order valence-electron chi connectivity index (χ3n) is 3.74. The van der Waals surface area contributed by atoms with Gasteiger partial charge >= 0.3 is 6.09 Å². The predicted octanol–water partition coefficient (Wildman–Crippen LogP) is 3.58. The molecule has 3 rings (SSSR count). The van der Waals surface area contributed by atoms with Crippen LogP contribution in [0.15, 0.2) is 42.6 Å². The lowest BCUT2D eigenvalue weighted by Gasteiger charge is -2.24. The molecule has 130 valence electrons. The van der Waals surface area contributed by atoms with E-state index in [1.165, 1.54) is 0 Å². The molecule has 0 aliphatic carbocycles. The van der Waals surface area contributed by atoms with Gasteiger partial charge in [0, 0.05) is 25.0 Å². The lowest BCUT2D eigenvalue weighted by atomic mass is 10.1. The minimum Gasteiger partial charge on any atom is -0.444 e. The number of carbonyl (C=O) groups excluding carboxylic acids is 2. The normalized spacial score (nSPS) is 13.3. The maximum Gasteiger partial charge on any atom is 0.410 e. The number of carbonyl (C=O) groups is 2. The molecule has 0 atom stereocenters. The number of nitrogens with one attached hydrogen (secondary N) is 1. The van der Waals surface area contributed by atoms with Crippen LogP contribution in [0.3, 0.4) is 0 Å². The molecule has 2 aromatic rings. The van der Waals surface area contributed by atoms with Gasteiger partial charge in [0.2, 0.25) is 0 Å². The highest BCUT2D eigenvalue weighted by molar-refractivity contribution is 6.02. The Bertz CT molecular complexity index is 797. The molecule has 2 heterocycles. The van der Waals surface area contributed by atoms with Crippen LogP contribution in [-0.2, 0) is 17.8 Å². The number of ether oxygens (including phenoxy) is 1. The minimum atomic E-state index is -0.520. The molecule has 6 heteroatoms. The third kappa shape index (κ3) is 4.15. The zero-order chi connectivity index (χ0) is 18.0. The molecule has 0 fully saturated rings. The molecule has 0 saturated heterocycles. The van der Waals surface area contributed by atoms with E-state index in [9.17, 15) is 9.59 Å². The van der Waals surface area contributed by atoms with Crippen molar-refractivity contribution in [2.24, 2.45) is 0 Å². The topological polar surface area (TPSA) is 71.5 Å². The van der Waals surface area contributed by atoms with Gasteiger partial charge in [-0.05, 0) is 56.2 Å². The summed E-state index contributed by atoms with van der Waals surface area (Å²) >= 11 is 0. The monoisotopic (exact) mass is 339 g/mol. The molecule has 1 aromatic heterocycles. The Labute approximate surface area is 146 Å². The molecule has 1 aromatic carbocycles. The molecule has 1 aliphatic rings. The van der Waals surface area contributed by atoms with Crippen LogP contribution in [0, 0.1) is 0 Å². The molecule has 0 saturated carbocycles. The fourth-order valence-corrected chi connectivity index (χ4v) is 2.62. The Morgan fingerprint density at radius 1 is 1.12 bits per heavy atom. The van der Waals surface area contributed by atoms with Gasteiger partial charge in [0.1, 0.15) is 11.3 Å². The molecule has 1 aliphatic heterocycles. The first-order chi connectivity index (χ1) is 11.8. The number of aromatic nitrogens is 1. The molecule has 0 radical (unpaired) electrons. The number of amides is 2. The molecule has 25 heavy (non-hydrogen) atoms. The fraction of sp³-hybridized carbons (Fsp3) is 0.316. The molecule has 2 amide bonds. The predicted molar refractivity (Wildman–Crippen MR) is 94.1 cm³/mol. The molecule has 0 spiro atoms. The highest BCUT2D eigenvalue weighted by Crippen LogP contribution is 2.27. The average molecular weight is 339 g/mol. The molecule has 0 unspecified atom stereocenters. The second kappa shape index (κ2) is 6.55. The zero-order valence-electron chi connectivity index (χ0n) is 14.6. The number of fused-ring (bicyclic) bond motifs is 1. The van der Waals surface area contributed by atoms with Crippen LogP contribution in [0.25, 0.3) is 0 Å². The first-order valence-corrected chi connectivity index (χ1v) is 8.14. The zero-order valence-corrected chi connectivity index (χ0v) is 14.6. The quantitative estimate of drug-likeness (QED) is 0.908. The third-order valence-corrected chi connectivity index (χ3v) is 3.74. The number of nitrogens with zero attached hydrogens (tertiary/aromatic N) is 2. The van der Waals surface area contributed by atoms with E-state index >= 15 is 0 Å². The van der Waals surface area contributed by atoms with Crippen LogP contribution in [0.4, 0.5) is 10.5 Å².